The van der Waals surface area contributed by atoms with Crippen molar-refractivity contribution in [3.05, 3.63) is 23.1 Å². The van der Waals surface area contributed by atoms with E-state index in [9.17, 15) is 9.59 Å². The fraction of sp³-hybridized carbons (Fsp3) is 0.636. The quantitative estimate of drug-likeness (QED) is 0.391. The van der Waals surface area contributed by atoms with E-state index in [2.05, 4.69) is 15.1 Å². The summed E-state index contributed by atoms with van der Waals surface area (Å²) >= 11 is 0. The second-order valence-corrected chi connectivity index (χ2v) is 8.76. The number of hydrogen-bond acceptors (Lipinski definition) is 7. The maximum atomic E-state index is 12.2. The summed E-state index contributed by atoms with van der Waals surface area (Å²) in [6, 6.07) is -0.141. The fourth-order valence-corrected chi connectivity index (χ4v) is 3.24. The molecule has 1 N–H and O–H groups in total. The van der Waals surface area contributed by atoms with Crippen LogP contribution >= 0.6 is 0 Å². The van der Waals surface area contributed by atoms with Gasteiger partial charge < -0.3 is 29.3 Å². The number of nitrogens with one attached hydrogen (secondary N) is 1. The number of anilines is 1. The van der Waals surface area contributed by atoms with E-state index < -0.39 is 17.8 Å². The number of allylic oxidation sites excluding steroid dienone is 2. The Balaban J connectivity index is 2.30. The molecule has 176 valence electrons. The van der Waals surface area contributed by atoms with Crippen molar-refractivity contribution < 1.29 is 23.8 Å². The Bertz CT molecular complexity index is 890. The number of carbonyl (C=O) groups is 2. The lowest BCUT2D eigenvalue weighted by atomic mass is 10.1. The number of alkyl carbamates (subject to hydrolysis) is 1. The number of ether oxygens (including phenoxy) is 3. The van der Waals surface area contributed by atoms with Crippen LogP contribution < -0.4 is 15.0 Å². The third kappa shape index (κ3) is 7.18. The Hall–Kier alpha value is -3.22. The lowest BCUT2D eigenvalue weighted by Crippen LogP contribution is -2.49. The highest BCUT2D eigenvalue weighted by Crippen LogP contribution is 2.34. The summed E-state index contributed by atoms with van der Waals surface area (Å²) in [7, 11) is 0. The normalized spacial score (nSPS) is 16.0. The average molecular weight is 448 g/mol. The molecule has 0 radical (unpaired) electrons. The van der Waals surface area contributed by atoms with Crippen molar-refractivity contribution in [2.45, 2.75) is 72.6 Å². The van der Waals surface area contributed by atoms with Crippen molar-refractivity contribution in [3.63, 3.8) is 0 Å². The standard InChI is InChI=1S/C22H33N5O5/c1-8-30-21(29)31-18-17(23-7)25-19(27(18)13-11-15(2)3)26-12-9-10-16(14-26)24-20(28)32-22(4,5)6/h11,16H,8-10,12-14H2,1-6H3,(H,24,28). The smallest absolute Gasteiger partial charge is 0.444 e. The summed E-state index contributed by atoms with van der Waals surface area (Å²) in [6.45, 7) is 20.2. The van der Waals surface area contributed by atoms with Crippen LogP contribution in [-0.4, -0.2) is 53.1 Å². The molecular formula is C22H33N5O5. The van der Waals surface area contributed by atoms with Gasteiger partial charge in [-0.25, -0.2) is 9.59 Å². The van der Waals surface area contributed by atoms with E-state index >= 15 is 0 Å². The van der Waals surface area contributed by atoms with Gasteiger partial charge in [0.2, 0.25) is 5.88 Å². The van der Waals surface area contributed by atoms with Crippen molar-refractivity contribution in [1.82, 2.24) is 14.9 Å². The summed E-state index contributed by atoms with van der Waals surface area (Å²) in [5.41, 5.74) is 0.488. The summed E-state index contributed by atoms with van der Waals surface area (Å²) < 4.78 is 17.3. The van der Waals surface area contributed by atoms with Crippen LogP contribution in [0.5, 0.6) is 5.88 Å². The van der Waals surface area contributed by atoms with Crippen molar-refractivity contribution >= 4 is 24.0 Å². The summed E-state index contributed by atoms with van der Waals surface area (Å²) in [5, 5.41) is 2.91. The van der Waals surface area contributed by atoms with E-state index in [1.807, 2.05) is 45.6 Å². The number of carbonyl (C=O) groups excluding carboxylic acids is 2. The molecule has 2 heterocycles. The first-order valence-corrected chi connectivity index (χ1v) is 10.7. The van der Waals surface area contributed by atoms with Crippen molar-refractivity contribution in [3.8, 4) is 5.88 Å². The Kier molecular flexibility index (Phi) is 8.52. The van der Waals surface area contributed by atoms with Crippen LogP contribution in [0.25, 0.3) is 4.85 Å². The number of amides is 1. The van der Waals surface area contributed by atoms with Gasteiger partial charge in [0, 0.05) is 25.7 Å². The SMILES string of the molecule is [C-]#[N+]c1nc(N2CCCC(NC(=O)OC(C)(C)C)C2)n(CC=C(C)C)c1OC(=O)OCC. The first-order valence-electron chi connectivity index (χ1n) is 10.7. The zero-order chi connectivity index (χ0) is 23.9. The first kappa shape index (κ1) is 25.0. The second-order valence-electron chi connectivity index (χ2n) is 8.76. The summed E-state index contributed by atoms with van der Waals surface area (Å²) in [6.07, 6.45) is 2.22. The molecule has 10 heteroatoms. The van der Waals surface area contributed by atoms with Gasteiger partial charge >= 0.3 is 24.0 Å². The Morgan fingerprint density at radius 2 is 2.06 bits per heavy atom. The minimum atomic E-state index is -0.884. The molecule has 2 rings (SSSR count). The molecule has 0 saturated carbocycles. The maximum absolute atomic E-state index is 12.2. The lowest BCUT2D eigenvalue weighted by Gasteiger charge is -2.33. The molecule has 1 amide bonds. The molecule has 0 spiro atoms. The molecule has 1 aliphatic heterocycles. The van der Waals surface area contributed by atoms with Crippen molar-refractivity contribution in [1.29, 1.82) is 0 Å². The molecule has 0 aromatic carbocycles. The molecule has 0 bridgehead atoms. The van der Waals surface area contributed by atoms with Crippen LogP contribution in [-0.2, 0) is 16.0 Å². The number of imidazole rings is 1. The number of nitrogens with zero attached hydrogens (tertiary/aromatic N) is 4. The lowest BCUT2D eigenvalue weighted by molar-refractivity contribution is 0.0499. The number of hydrogen-bond donors (Lipinski definition) is 1. The van der Waals surface area contributed by atoms with Crippen LogP contribution in [0.15, 0.2) is 11.6 Å². The second kappa shape index (κ2) is 10.9. The Labute approximate surface area is 189 Å². The van der Waals surface area contributed by atoms with Gasteiger partial charge in [-0.1, -0.05) is 23.2 Å². The molecule has 10 nitrogen and oxygen atoms in total. The maximum Gasteiger partial charge on any atom is 0.514 e. The van der Waals surface area contributed by atoms with E-state index in [4.69, 9.17) is 20.8 Å². The third-order valence-corrected chi connectivity index (χ3v) is 4.54. The molecule has 0 aliphatic carbocycles. The predicted molar refractivity (Wildman–Crippen MR) is 120 cm³/mol. The Morgan fingerprint density at radius 1 is 1.34 bits per heavy atom. The largest absolute Gasteiger partial charge is 0.514 e. The molecule has 1 saturated heterocycles. The van der Waals surface area contributed by atoms with Gasteiger partial charge in [0.1, 0.15) is 5.60 Å². The van der Waals surface area contributed by atoms with E-state index in [0.29, 0.717) is 25.6 Å². The molecule has 32 heavy (non-hydrogen) atoms. The van der Waals surface area contributed by atoms with E-state index in [1.165, 1.54) is 0 Å². The molecule has 1 aliphatic rings. The molecule has 1 fully saturated rings. The number of aromatic nitrogens is 2. The van der Waals surface area contributed by atoms with Gasteiger partial charge in [-0.2, -0.15) is 0 Å². The van der Waals surface area contributed by atoms with Crippen LogP contribution in [0.4, 0.5) is 21.4 Å². The van der Waals surface area contributed by atoms with Crippen LogP contribution in [0.3, 0.4) is 0 Å². The first-order chi connectivity index (χ1) is 15.0. The van der Waals surface area contributed by atoms with Crippen molar-refractivity contribution in [2.24, 2.45) is 0 Å². The van der Waals surface area contributed by atoms with Gasteiger partial charge in [0.05, 0.1) is 6.61 Å². The van der Waals surface area contributed by atoms with Gasteiger partial charge in [0.15, 0.2) is 0 Å². The minimum Gasteiger partial charge on any atom is -0.444 e. The highest BCUT2D eigenvalue weighted by atomic mass is 16.7. The molecule has 1 unspecified atom stereocenters. The summed E-state index contributed by atoms with van der Waals surface area (Å²) in [5.74, 6) is 0.536. The number of rotatable bonds is 6. The zero-order valence-electron chi connectivity index (χ0n) is 19.7. The third-order valence-electron chi connectivity index (χ3n) is 4.54. The van der Waals surface area contributed by atoms with Crippen LogP contribution in [0, 0.1) is 6.57 Å². The average Bonchev–Trinajstić information content (AvgIpc) is 3.02. The minimum absolute atomic E-state index is 0.0163. The van der Waals surface area contributed by atoms with Crippen LogP contribution in [0.1, 0.15) is 54.4 Å². The topological polar surface area (TPSA) is 99.3 Å². The molecule has 1 aromatic rings. The molecule has 1 atom stereocenters. The fourth-order valence-electron chi connectivity index (χ4n) is 3.24. The number of piperidine rings is 1. The van der Waals surface area contributed by atoms with Crippen molar-refractivity contribution in [2.75, 3.05) is 24.6 Å². The van der Waals surface area contributed by atoms with Crippen LogP contribution in [0.2, 0.25) is 0 Å². The van der Waals surface area contributed by atoms with Gasteiger partial charge in [-0.05, 0) is 54.4 Å². The van der Waals surface area contributed by atoms with Gasteiger partial charge in [0.25, 0.3) is 0 Å². The highest BCUT2D eigenvalue weighted by molar-refractivity contribution is 5.69. The molecule has 1 aromatic heterocycles. The van der Waals surface area contributed by atoms with E-state index in [-0.39, 0.29) is 24.3 Å². The summed E-state index contributed by atoms with van der Waals surface area (Å²) in [4.78, 5) is 34.0. The van der Waals surface area contributed by atoms with Gasteiger partial charge in [-0.15, -0.1) is 0 Å². The highest BCUT2D eigenvalue weighted by Gasteiger charge is 2.31. The predicted octanol–water partition coefficient (Wildman–Crippen LogP) is 4.43. The van der Waals surface area contributed by atoms with E-state index in [0.717, 1.165) is 18.4 Å². The molecular weight excluding hydrogens is 414 g/mol. The van der Waals surface area contributed by atoms with E-state index in [1.54, 1.807) is 11.5 Å². The van der Waals surface area contributed by atoms with Gasteiger partial charge in [-0.3, -0.25) is 4.57 Å². The zero-order valence-corrected chi connectivity index (χ0v) is 19.7. The Morgan fingerprint density at radius 3 is 2.66 bits per heavy atom. The monoisotopic (exact) mass is 447 g/mol.